The Kier molecular flexibility index (Phi) is 3.04. The third kappa shape index (κ3) is 2.07. The molecule has 1 fully saturated rings. The Morgan fingerprint density at radius 2 is 2.36 bits per heavy atom. The van der Waals surface area contributed by atoms with Gasteiger partial charge in [-0.1, -0.05) is 0 Å². The zero-order valence-corrected chi connectivity index (χ0v) is 10.4. The molecule has 1 aliphatic rings. The summed E-state index contributed by atoms with van der Waals surface area (Å²) in [5.41, 5.74) is 0. The van der Waals surface area contributed by atoms with E-state index in [1.807, 2.05) is 6.07 Å². The molecule has 1 atom stereocenters. The number of carbonyl (C=O) groups is 1. The fraction of sp³-hybridized carbons (Fsp3) is 0.500. The zero-order valence-electron chi connectivity index (χ0n) is 8.00. The van der Waals surface area contributed by atoms with Crippen LogP contribution in [0.15, 0.2) is 15.9 Å². The Morgan fingerprint density at radius 3 is 3.00 bits per heavy atom. The summed E-state index contributed by atoms with van der Waals surface area (Å²) < 4.78 is 1.14. The molecular weight excluding hydrogens is 262 g/mol. The maximum Gasteiger partial charge on any atom is 0.136 e. The summed E-state index contributed by atoms with van der Waals surface area (Å²) in [5, 5.41) is 0. The van der Waals surface area contributed by atoms with Crippen LogP contribution in [0.1, 0.15) is 23.8 Å². The third-order valence-electron chi connectivity index (χ3n) is 2.62. The maximum atomic E-state index is 11.4. The summed E-state index contributed by atoms with van der Waals surface area (Å²) >= 11 is 5.17. The Balaban J connectivity index is 2.19. The number of ketones is 1. The van der Waals surface area contributed by atoms with Gasteiger partial charge in [0.2, 0.25) is 0 Å². The van der Waals surface area contributed by atoms with Gasteiger partial charge in [-0.25, -0.2) is 0 Å². The lowest BCUT2D eigenvalue weighted by Gasteiger charge is -2.30. The van der Waals surface area contributed by atoms with Gasteiger partial charge >= 0.3 is 0 Å². The molecule has 1 unspecified atom stereocenters. The van der Waals surface area contributed by atoms with Crippen LogP contribution in [0.25, 0.3) is 0 Å². The molecule has 0 saturated carbocycles. The lowest BCUT2D eigenvalue weighted by molar-refractivity contribution is -0.122. The molecule has 0 amide bonds. The molecule has 0 aliphatic carbocycles. The Morgan fingerprint density at radius 1 is 1.57 bits per heavy atom. The molecule has 2 heterocycles. The molecule has 2 nitrogen and oxygen atoms in total. The summed E-state index contributed by atoms with van der Waals surface area (Å²) in [6, 6.07) is 4.45. The van der Waals surface area contributed by atoms with Gasteiger partial charge in [-0.05, 0) is 35.1 Å². The van der Waals surface area contributed by atoms with Crippen molar-refractivity contribution in [2.24, 2.45) is 0 Å². The zero-order chi connectivity index (χ0) is 10.1. The predicted molar refractivity (Wildman–Crippen MR) is 61.6 cm³/mol. The van der Waals surface area contributed by atoms with Gasteiger partial charge in [0, 0.05) is 24.3 Å². The largest absolute Gasteiger partial charge is 0.300 e. The first-order chi connectivity index (χ1) is 6.66. The topological polar surface area (TPSA) is 20.3 Å². The van der Waals surface area contributed by atoms with E-state index < -0.39 is 0 Å². The second-order valence-electron chi connectivity index (χ2n) is 3.63. The van der Waals surface area contributed by atoms with Crippen molar-refractivity contribution >= 4 is 33.0 Å². The SMILES string of the molecule is CN1CCC(=O)CC1c1ccc(Br)s1. The molecule has 2 rings (SSSR count). The molecule has 4 heteroatoms. The van der Waals surface area contributed by atoms with E-state index >= 15 is 0 Å². The second kappa shape index (κ2) is 4.13. The quantitative estimate of drug-likeness (QED) is 0.784. The molecule has 1 aliphatic heterocycles. The van der Waals surface area contributed by atoms with E-state index in [-0.39, 0.29) is 0 Å². The predicted octanol–water partition coefficient (Wildman–Crippen LogP) is 2.85. The average molecular weight is 274 g/mol. The Hall–Kier alpha value is -0.190. The molecule has 0 N–H and O–H groups in total. The highest BCUT2D eigenvalue weighted by Gasteiger charge is 2.26. The highest BCUT2D eigenvalue weighted by molar-refractivity contribution is 9.11. The lowest BCUT2D eigenvalue weighted by atomic mass is 10.0. The van der Waals surface area contributed by atoms with Gasteiger partial charge in [0.15, 0.2) is 0 Å². The summed E-state index contributed by atoms with van der Waals surface area (Å²) in [5.74, 6) is 0.387. The Labute approximate surface area is 96.0 Å². The van der Waals surface area contributed by atoms with Crippen LogP contribution >= 0.6 is 27.3 Å². The van der Waals surface area contributed by atoms with Crippen LogP contribution in [0.3, 0.4) is 0 Å². The van der Waals surface area contributed by atoms with Gasteiger partial charge in [0.1, 0.15) is 5.78 Å². The molecule has 1 aromatic heterocycles. The number of piperidine rings is 1. The van der Waals surface area contributed by atoms with Crippen molar-refractivity contribution in [3.05, 3.63) is 20.8 Å². The molecule has 14 heavy (non-hydrogen) atoms. The van der Waals surface area contributed by atoms with E-state index in [0.29, 0.717) is 24.7 Å². The van der Waals surface area contributed by atoms with Crippen LogP contribution in [0, 0.1) is 0 Å². The summed E-state index contributed by atoms with van der Waals surface area (Å²) in [7, 11) is 2.09. The van der Waals surface area contributed by atoms with Crippen LogP contribution in [-0.4, -0.2) is 24.3 Å². The number of carbonyl (C=O) groups excluding carboxylic acids is 1. The first-order valence-electron chi connectivity index (χ1n) is 4.64. The number of nitrogens with zero attached hydrogens (tertiary/aromatic N) is 1. The van der Waals surface area contributed by atoms with Crippen molar-refractivity contribution in [2.45, 2.75) is 18.9 Å². The van der Waals surface area contributed by atoms with Crippen LogP contribution < -0.4 is 0 Å². The van der Waals surface area contributed by atoms with Gasteiger partial charge < -0.3 is 0 Å². The minimum Gasteiger partial charge on any atom is -0.300 e. The monoisotopic (exact) mass is 273 g/mol. The van der Waals surface area contributed by atoms with Crippen LogP contribution in [0.2, 0.25) is 0 Å². The highest BCUT2D eigenvalue weighted by atomic mass is 79.9. The van der Waals surface area contributed by atoms with Gasteiger partial charge in [0.05, 0.1) is 9.83 Å². The summed E-state index contributed by atoms with van der Waals surface area (Å²) in [4.78, 5) is 14.9. The number of halogens is 1. The van der Waals surface area contributed by atoms with Crippen molar-refractivity contribution < 1.29 is 4.79 Å². The van der Waals surface area contributed by atoms with Crippen LogP contribution in [-0.2, 0) is 4.79 Å². The number of likely N-dealkylation sites (tertiary alicyclic amines) is 1. The van der Waals surface area contributed by atoms with E-state index in [9.17, 15) is 4.79 Å². The number of hydrogen-bond donors (Lipinski definition) is 0. The van der Waals surface area contributed by atoms with E-state index in [0.717, 1.165) is 10.3 Å². The fourth-order valence-electron chi connectivity index (χ4n) is 1.76. The Bertz CT molecular complexity index is 350. The van der Waals surface area contributed by atoms with Gasteiger partial charge in [-0.2, -0.15) is 0 Å². The fourth-order valence-corrected chi connectivity index (χ4v) is 3.35. The lowest BCUT2D eigenvalue weighted by Crippen LogP contribution is -2.33. The first kappa shape index (κ1) is 10.3. The van der Waals surface area contributed by atoms with E-state index in [1.54, 1.807) is 11.3 Å². The van der Waals surface area contributed by atoms with Crippen molar-refractivity contribution in [1.29, 1.82) is 0 Å². The maximum absolute atomic E-state index is 11.4. The van der Waals surface area contributed by atoms with Crippen LogP contribution in [0.4, 0.5) is 0 Å². The number of thiophene rings is 1. The minimum atomic E-state index is 0.299. The van der Waals surface area contributed by atoms with E-state index in [2.05, 4.69) is 33.9 Å². The summed E-state index contributed by atoms with van der Waals surface area (Å²) in [6.07, 6.45) is 1.38. The molecule has 0 aromatic carbocycles. The van der Waals surface area contributed by atoms with E-state index in [4.69, 9.17) is 0 Å². The van der Waals surface area contributed by atoms with Crippen molar-refractivity contribution in [1.82, 2.24) is 4.90 Å². The molecule has 0 radical (unpaired) electrons. The molecule has 76 valence electrons. The van der Waals surface area contributed by atoms with E-state index in [1.165, 1.54) is 4.88 Å². The normalized spacial score (nSPS) is 24.1. The standard InChI is InChI=1S/C10H12BrNOS/c1-12-5-4-7(13)6-8(12)9-2-3-10(11)14-9/h2-3,8H,4-6H2,1H3. The van der Waals surface area contributed by atoms with Crippen LogP contribution in [0.5, 0.6) is 0 Å². The van der Waals surface area contributed by atoms with Crippen molar-refractivity contribution in [2.75, 3.05) is 13.6 Å². The number of rotatable bonds is 1. The van der Waals surface area contributed by atoms with Crippen molar-refractivity contribution in [3.63, 3.8) is 0 Å². The highest BCUT2D eigenvalue weighted by Crippen LogP contribution is 2.34. The molecule has 1 saturated heterocycles. The van der Waals surface area contributed by atoms with Crippen molar-refractivity contribution in [3.8, 4) is 0 Å². The van der Waals surface area contributed by atoms with Gasteiger partial charge in [0.25, 0.3) is 0 Å². The average Bonchev–Trinajstić information content (AvgIpc) is 2.56. The number of hydrogen-bond acceptors (Lipinski definition) is 3. The number of Topliss-reactive ketones (excluding diaryl/α,β-unsaturated/α-hetero) is 1. The summed E-state index contributed by atoms with van der Waals surface area (Å²) in [6.45, 7) is 0.888. The minimum absolute atomic E-state index is 0.299. The molecule has 0 spiro atoms. The second-order valence-corrected chi connectivity index (χ2v) is 6.13. The molecule has 0 bridgehead atoms. The van der Waals surface area contributed by atoms with Gasteiger partial charge in [-0.3, -0.25) is 9.69 Å². The van der Waals surface area contributed by atoms with Gasteiger partial charge in [-0.15, -0.1) is 11.3 Å². The first-order valence-corrected chi connectivity index (χ1v) is 6.25. The molecular formula is C10H12BrNOS. The smallest absolute Gasteiger partial charge is 0.136 e. The third-order valence-corrected chi connectivity index (χ3v) is 4.34. The molecule has 1 aromatic rings.